The fraction of sp³-hybridized carbons (Fsp3) is 0.0625. The SMILES string of the molecule is CNC(=O)c1nn(-c2ccc(S(N)(=O)=O)cc2)c2c1ccc1[nH]ncc12. The summed E-state index contributed by atoms with van der Waals surface area (Å²) < 4.78 is 24.5. The highest BCUT2D eigenvalue weighted by atomic mass is 32.2. The number of sulfonamides is 1. The maximum absolute atomic E-state index is 12.2. The summed E-state index contributed by atoms with van der Waals surface area (Å²) in [5.74, 6) is -0.322. The van der Waals surface area contributed by atoms with Crippen molar-refractivity contribution in [3.8, 4) is 5.69 Å². The van der Waals surface area contributed by atoms with Crippen LogP contribution in [0.15, 0.2) is 47.5 Å². The van der Waals surface area contributed by atoms with Crippen LogP contribution in [0.25, 0.3) is 27.5 Å². The van der Waals surface area contributed by atoms with E-state index in [2.05, 4.69) is 20.6 Å². The Morgan fingerprint density at radius 1 is 1.15 bits per heavy atom. The Labute approximate surface area is 147 Å². The Kier molecular flexibility index (Phi) is 3.53. The summed E-state index contributed by atoms with van der Waals surface area (Å²) in [6, 6.07) is 9.58. The van der Waals surface area contributed by atoms with Crippen molar-refractivity contribution in [1.82, 2.24) is 25.3 Å². The molecule has 2 heterocycles. The predicted molar refractivity (Wildman–Crippen MR) is 95.5 cm³/mol. The van der Waals surface area contributed by atoms with Gasteiger partial charge in [-0.2, -0.15) is 10.2 Å². The highest BCUT2D eigenvalue weighted by Gasteiger charge is 2.20. The summed E-state index contributed by atoms with van der Waals surface area (Å²) >= 11 is 0. The van der Waals surface area contributed by atoms with Gasteiger partial charge < -0.3 is 5.32 Å². The van der Waals surface area contributed by atoms with E-state index in [9.17, 15) is 13.2 Å². The number of carbonyl (C=O) groups is 1. The molecule has 4 aromatic rings. The van der Waals surface area contributed by atoms with E-state index in [4.69, 9.17) is 5.14 Å². The minimum Gasteiger partial charge on any atom is -0.354 e. The van der Waals surface area contributed by atoms with Crippen molar-refractivity contribution >= 4 is 37.7 Å². The molecule has 10 heteroatoms. The normalized spacial score (nSPS) is 11.9. The zero-order valence-electron chi connectivity index (χ0n) is 13.6. The third-order valence-electron chi connectivity index (χ3n) is 4.11. The molecule has 4 rings (SSSR count). The molecule has 0 aliphatic heterocycles. The van der Waals surface area contributed by atoms with Crippen LogP contribution in [0.4, 0.5) is 0 Å². The molecule has 9 nitrogen and oxygen atoms in total. The van der Waals surface area contributed by atoms with Crippen LogP contribution in [-0.2, 0) is 10.0 Å². The lowest BCUT2D eigenvalue weighted by molar-refractivity contribution is 0.0959. The van der Waals surface area contributed by atoms with Crippen LogP contribution in [0, 0.1) is 0 Å². The molecule has 0 atom stereocenters. The van der Waals surface area contributed by atoms with Gasteiger partial charge in [-0.05, 0) is 36.4 Å². The minimum atomic E-state index is -3.79. The number of carbonyl (C=O) groups excluding carboxylic acids is 1. The van der Waals surface area contributed by atoms with Gasteiger partial charge in [0.1, 0.15) is 0 Å². The number of hydrogen-bond donors (Lipinski definition) is 3. The first kappa shape index (κ1) is 16.2. The fourth-order valence-electron chi connectivity index (χ4n) is 2.88. The highest BCUT2D eigenvalue weighted by molar-refractivity contribution is 7.89. The van der Waals surface area contributed by atoms with Crippen LogP contribution in [0.5, 0.6) is 0 Å². The lowest BCUT2D eigenvalue weighted by atomic mass is 10.1. The zero-order chi connectivity index (χ0) is 18.5. The van der Waals surface area contributed by atoms with Crippen LogP contribution in [0.3, 0.4) is 0 Å². The molecular weight excluding hydrogens is 356 g/mol. The number of rotatable bonds is 3. The molecule has 0 saturated carbocycles. The first-order chi connectivity index (χ1) is 12.4. The molecule has 4 N–H and O–H groups in total. The molecule has 0 spiro atoms. The topological polar surface area (TPSA) is 136 Å². The van der Waals surface area contributed by atoms with E-state index in [0.717, 1.165) is 10.9 Å². The Balaban J connectivity index is 2.02. The first-order valence-corrected chi connectivity index (χ1v) is 9.15. The van der Waals surface area contributed by atoms with Crippen LogP contribution in [-0.4, -0.2) is 41.4 Å². The number of hydrogen-bond acceptors (Lipinski definition) is 5. The minimum absolute atomic E-state index is 0.00213. The predicted octanol–water partition coefficient (Wildman–Crippen LogP) is 0.909. The zero-order valence-corrected chi connectivity index (χ0v) is 14.4. The molecule has 0 unspecified atom stereocenters. The number of amides is 1. The van der Waals surface area contributed by atoms with Gasteiger partial charge in [0.05, 0.1) is 27.8 Å². The highest BCUT2D eigenvalue weighted by Crippen LogP contribution is 2.29. The molecule has 26 heavy (non-hydrogen) atoms. The number of fused-ring (bicyclic) bond motifs is 3. The number of benzene rings is 2. The van der Waals surface area contributed by atoms with Crippen molar-refractivity contribution < 1.29 is 13.2 Å². The molecule has 0 bridgehead atoms. The summed E-state index contributed by atoms with van der Waals surface area (Å²) in [6.07, 6.45) is 1.65. The number of nitrogens with zero attached hydrogens (tertiary/aromatic N) is 3. The summed E-state index contributed by atoms with van der Waals surface area (Å²) in [5.41, 5.74) is 2.34. The van der Waals surface area contributed by atoms with E-state index in [0.29, 0.717) is 16.6 Å². The quantitative estimate of drug-likeness (QED) is 0.492. The van der Waals surface area contributed by atoms with Gasteiger partial charge in [-0.3, -0.25) is 9.89 Å². The number of aromatic amines is 1. The lowest BCUT2D eigenvalue weighted by Gasteiger charge is -2.05. The smallest absolute Gasteiger partial charge is 0.272 e. The van der Waals surface area contributed by atoms with E-state index in [1.165, 1.54) is 19.2 Å². The molecule has 2 aromatic heterocycles. The monoisotopic (exact) mass is 370 g/mol. The van der Waals surface area contributed by atoms with Crippen LogP contribution in [0.1, 0.15) is 10.5 Å². The van der Waals surface area contributed by atoms with Crippen molar-refractivity contribution in [3.63, 3.8) is 0 Å². The molecule has 132 valence electrons. The number of aromatic nitrogens is 4. The second-order valence-corrected chi connectivity index (χ2v) is 7.23. The van der Waals surface area contributed by atoms with Gasteiger partial charge in [0.2, 0.25) is 10.0 Å². The molecule has 0 fully saturated rings. The third-order valence-corrected chi connectivity index (χ3v) is 5.04. The number of primary sulfonamides is 1. The number of nitrogens with two attached hydrogens (primary N) is 1. The van der Waals surface area contributed by atoms with Crippen molar-refractivity contribution in [2.75, 3.05) is 7.05 Å². The molecule has 0 aliphatic carbocycles. The summed E-state index contributed by atoms with van der Waals surface area (Å²) in [6.45, 7) is 0. The first-order valence-electron chi connectivity index (χ1n) is 7.60. The van der Waals surface area contributed by atoms with E-state index >= 15 is 0 Å². The van der Waals surface area contributed by atoms with Crippen LogP contribution in [0.2, 0.25) is 0 Å². The van der Waals surface area contributed by atoms with Gasteiger partial charge in [-0.15, -0.1) is 0 Å². The lowest BCUT2D eigenvalue weighted by Crippen LogP contribution is -2.18. The maximum atomic E-state index is 12.2. The fourth-order valence-corrected chi connectivity index (χ4v) is 3.39. The standard InChI is InChI=1S/C16H14N6O3S/c1-18-16(23)14-11-6-7-13-12(8-19-20-13)15(11)22(21-14)9-2-4-10(5-3-9)26(17,24)25/h2-8H,1H3,(H,18,23)(H,19,20)(H2,17,24,25). The van der Waals surface area contributed by atoms with Crippen molar-refractivity contribution in [2.24, 2.45) is 5.14 Å². The van der Waals surface area contributed by atoms with Gasteiger partial charge >= 0.3 is 0 Å². The van der Waals surface area contributed by atoms with E-state index < -0.39 is 10.0 Å². The summed E-state index contributed by atoms with van der Waals surface area (Å²) in [7, 11) is -2.26. The Hall–Kier alpha value is -3.24. The van der Waals surface area contributed by atoms with E-state index in [1.54, 1.807) is 29.1 Å². The van der Waals surface area contributed by atoms with E-state index in [1.807, 2.05) is 6.07 Å². The number of H-pyrrole nitrogens is 1. The van der Waals surface area contributed by atoms with Crippen molar-refractivity contribution in [2.45, 2.75) is 4.90 Å². The molecular formula is C16H14N6O3S. The van der Waals surface area contributed by atoms with Crippen LogP contribution < -0.4 is 10.5 Å². The third kappa shape index (κ3) is 2.43. The Morgan fingerprint density at radius 2 is 1.88 bits per heavy atom. The van der Waals surface area contributed by atoms with Gasteiger partial charge in [-0.25, -0.2) is 18.2 Å². The van der Waals surface area contributed by atoms with Gasteiger partial charge in [0.25, 0.3) is 5.91 Å². The second kappa shape index (κ2) is 5.64. The van der Waals surface area contributed by atoms with Crippen molar-refractivity contribution in [1.29, 1.82) is 0 Å². The van der Waals surface area contributed by atoms with Gasteiger partial charge in [-0.1, -0.05) is 0 Å². The van der Waals surface area contributed by atoms with E-state index in [-0.39, 0.29) is 16.5 Å². The molecule has 0 radical (unpaired) electrons. The molecule has 2 aromatic carbocycles. The van der Waals surface area contributed by atoms with Gasteiger partial charge in [0, 0.05) is 17.8 Å². The average Bonchev–Trinajstić information content (AvgIpc) is 3.24. The van der Waals surface area contributed by atoms with Crippen LogP contribution >= 0.6 is 0 Å². The molecule has 1 amide bonds. The molecule has 0 saturated heterocycles. The second-order valence-electron chi connectivity index (χ2n) is 5.67. The molecule has 0 aliphatic rings. The maximum Gasteiger partial charge on any atom is 0.272 e. The Bertz CT molecular complexity index is 1250. The summed E-state index contributed by atoms with van der Waals surface area (Å²) in [5, 5.41) is 20.5. The average molecular weight is 370 g/mol. The Morgan fingerprint density at radius 3 is 2.54 bits per heavy atom. The number of nitrogens with one attached hydrogen (secondary N) is 2. The van der Waals surface area contributed by atoms with Crippen molar-refractivity contribution in [3.05, 3.63) is 48.3 Å². The largest absolute Gasteiger partial charge is 0.354 e. The summed E-state index contributed by atoms with van der Waals surface area (Å²) in [4.78, 5) is 12.2. The van der Waals surface area contributed by atoms with Gasteiger partial charge in [0.15, 0.2) is 5.69 Å².